The minimum Gasteiger partial charge on any atom is -0.508 e. The fourth-order valence-corrected chi connectivity index (χ4v) is 1.84. The van der Waals surface area contributed by atoms with Crippen molar-refractivity contribution in [2.75, 3.05) is 0 Å². The first-order valence-corrected chi connectivity index (χ1v) is 6.46. The van der Waals surface area contributed by atoms with E-state index in [1.807, 2.05) is 36.4 Å². The average Bonchev–Trinajstić information content (AvgIpc) is 2.50. The molecule has 2 rings (SSSR count). The Morgan fingerprint density at radius 1 is 1.14 bits per heavy atom. The highest BCUT2D eigenvalue weighted by molar-refractivity contribution is 5.78. The van der Waals surface area contributed by atoms with Gasteiger partial charge in [0.15, 0.2) is 0 Å². The van der Waals surface area contributed by atoms with E-state index in [1.165, 1.54) is 12.1 Å². The molecule has 5 nitrogen and oxygen atoms in total. The Morgan fingerprint density at radius 2 is 1.81 bits per heavy atom. The summed E-state index contributed by atoms with van der Waals surface area (Å²) in [5.74, 6) is -0.0937. The molecule has 0 aliphatic heterocycles. The number of carbonyl (C=O) groups excluding carboxylic acids is 1. The Kier molecular flexibility index (Phi) is 4.91. The maximum Gasteiger partial charge on any atom is 0.238 e. The molecule has 106 valence electrons. The lowest BCUT2D eigenvalue weighted by Gasteiger charge is -2.13. The van der Waals surface area contributed by atoms with E-state index in [9.17, 15) is 9.90 Å². The Hall–Kier alpha value is -2.84. The number of benzene rings is 2. The number of nitrogens with one attached hydrogen (secondary N) is 2. The Bertz CT molecular complexity index is 633. The predicted molar refractivity (Wildman–Crippen MR) is 77.9 cm³/mol. The number of nitriles is 1. The Balaban J connectivity index is 1.90. The van der Waals surface area contributed by atoms with Crippen LogP contribution in [0.4, 0.5) is 0 Å². The summed E-state index contributed by atoms with van der Waals surface area (Å²) in [5, 5.41) is 18.3. The van der Waals surface area contributed by atoms with Crippen molar-refractivity contribution in [1.29, 1.82) is 5.26 Å². The fraction of sp³-hybridized carbons (Fsp3) is 0.125. The van der Waals surface area contributed by atoms with E-state index in [1.54, 1.807) is 12.1 Å². The highest BCUT2D eigenvalue weighted by Crippen LogP contribution is 2.15. The second-order valence-electron chi connectivity index (χ2n) is 4.51. The molecule has 2 aromatic carbocycles. The number of hydrogen-bond acceptors (Lipinski definition) is 4. The standard InChI is InChI=1S/C16H15N3O2/c17-11-15(13-6-8-14(20)9-7-13)18-19-16(21)10-12-4-2-1-3-5-12/h1-9,15,18,20H,10H2,(H,19,21)/t15-/m0/s1. The summed E-state index contributed by atoms with van der Waals surface area (Å²) in [4.78, 5) is 11.8. The summed E-state index contributed by atoms with van der Waals surface area (Å²) in [6, 6.07) is 17.0. The highest BCUT2D eigenvalue weighted by Gasteiger charge is 2.11. The number of hydrogen-bond donors (Lipinski definition) is 3. The van der Waals surface area contributed by atoms with Crippen molar-refractivity contribution in [3.05, 3.63) is 65.7 Å². The molecular weight excluding hydrogens is 266 g/mol. The third kappa shape index (κ3) is 4.34. The topological polar surface area (TPSA) is 85.2 Å². The zero-order chi connectivity index (χ0) is 15.1. The van der Waals surface area contributed by atoms with Crippen LogP contribution in [-0.4, -0.2) is 11.0 Å². The summed E-state index contributed by atoms with van der Waals surface area (Å²) in [5.41, 5.74) is 6.76. The molecule has 0 bridgehead atoms. The molecule has 0 unspecified atom stereocenters. The number of amides is 1. The van der Waals surface area contributed by atoms with Gasteiger partial charge >= 0.3 is 0 Å². The number of phenolic OH excluding ortho intramolecular Hbond substituents is 1. The van der Waals surface area contributed by atoms with E-state index in [4.69, 9.17) is 5.26 Å². The molecule has 0 saturated heterocycles. The van der Waals surface area contributed by atoms with E-state index in [0.29, 0.717) is 5.56 Å². The summed E-state index contributed by atoms with van der Waals surface area (Å²) in [7, 11) is 0. The van der Waals surface area contributed by atoms with Crippen molar-refractivity contribution in [3.63, 3.8) is 0 Å². The monoisotopic (exact) mass is 281 g/mol. The van der Waals surface area contributed by atoms with Crippen molar-refractivity contribution >= 4 is 5.91 Å². The fourth-order valence-electron chi connectivity index (χ4n) is 1.84. The van der Waals surface area contributed by atoms with Crippen molar-refractivity contribution in [1.82, 2.24) is 10.9 Å². The van der Waals surface area contributed by atoms with Crippen LogP contribution in [0.2, 0.25) is 0 Å². The van der Waals surface area contributed by atoms with E-state index in [2.05, 4.69) is 10.9 Å². The third-order valence-corrected chi connectivity index (χ3v) is 2.92. The molecular formula is C16H15N3O2. The van der Waals surface area contributed by atoms with Crippen LogP contribution < -0.4 is 10.9 Å². The second-order valence-corrected chi connectivity index (χ2v) is 4.51. The van der Waals surface area contributed by atoms with E-state index < -0.39 is 6.04 Å². The zero-order valence-electron chi connectivity index (χ0n) is 11.3. The number of nitrogens with zero attached hydrogens (tertiary/aromatic N) is 1. The van der Waals surface area contributed by atoms with Crippen molar-refractivity contribution in [2.45, 2.75) is 12.5 Å². The first-order valence-electron chi connectivity index (χ1n) is 6.46. The lowest BCUT2D eigenvalue weighted by molar-refractivity contribution is -0.121. The van der Waals surface area contributed by atoms with Crippen LogP contribution in [0.5, 0.6) is 5.75 Å². The average molecular weight is 281 g/mol. The summed E-state index contributed by atoms with van der Waals surface area (Å²) in [6.07, 6.45) is 0.238. The quantitative estimate of drug-likeness (QED) is 0.730. The van der Waals surface area contributed by atoms with Crippen molar-refractivity contribution in [2.24, 2.45) is 0 Å². The van der Waals surface area contributed by atoms with Crippen LogP contribution in [0.15, 0.2) is 54.6 Å². The summed E-state index contributed by atoms with van der Waals surface area (Å²) in [6.45, 7) is 0. The molecule has 0 saturated carbocycles. The predicted octanol–water partition coefficient (Wildman–Crippen LogP) is 1.82. The third-order valence-electron chi connectivity index (χ3n) is 2.92. The lowest BCUT2D eigenvalue weighted by Crippen LogP contribution is -2.40. The molecule has 0 aliphatic carbocycles. The maximum atomic E-state index is 11.8. The SMILES string of the molecule is N#C[C@H](NNC(=O)Cc1ccccc1)c1ccc(O)cc1. The van der Waals surface area contributed by atoms with Gasteiger partial charge in [-0.1, -0.05) is 42.5 Å². The normalized spacial score (nSPS) is 11.4. The van der Waals surface area contributed by atoms with Gasteiger partial charge in [0.05, 0.1) is 12.5 Å². The molecule has 0 radical (unpaired) electrons. The van der Waals surface area contributed by atoms with Crippen LogP contribution in [-0.2, 0) is 11.2 Å². The minimum atomic E-state index is -0.676. The molecule has 1 atom stereocenters. The molecule has 0 spiro atoms. The number of carbonyl (C=O) groups is 1. The molecule has 0 aliphatic rings. The van der Waals surface area contributed by atoms with Gasteiger partial charge in [-0.2, -0.15) is 5.26 Å². The zero-order valence-corrected chi connectivity index (χ0v) is 11.3. The number of rotatable bonds is 5. The van der Waals surface area contributed by atoms with Crippen LogP contribution >= 0.6 is 0 Å². The second kappa shape index (κ2) is 7.08. The molecule has 5 heteroatoms. The minimum absolute atomic E-state index is 0.128. The van der Waals surface area contributed by atoms with Gasteiger partial charge in [-0.15, -0.1) is 0 Å². The number of aromatic hydroxyl groups is 1. The van der Waals surface area contributed by atoms with Crippen molar-refractivity contribution < 1.29 is 9.90 Å². The van der Waals surface area contributed by atoms with E-state index in [0.717, 1.165) is 5.56 Å². The van der Waals surface area contributed by atoms with Crippen LogP contribution in [0.3, 0.4) is 0 Å². The smallest absolute Gasteiger partial charge is 0.238 e. The van der Waals surface area contributed by atoms with Gasteiger partial charge in [-0.25, -0.2) is 5.43 Å². The molecule has 0 aromatic heterocycles. The highest BCUT2D eigenvalue weighted by atomic mass is 16.3. The van der Waals surface area contributed by atoms with Crippen molar-refractivity contribution in [3.8, 4) is 11.8 Å². The van der Waals surface area contributed by atoms with Gasteiger partial charge in [0.25, 0.3) is 0 Å². The van der Waals surface area contributed by atoms with E-state index in [-0.39, 0.29) is 18.1 Å². The largest absolute Gasteiger partial charge is 0.508 e. The molecule has 1 amide bonds. The lowest BCUT2D eigenvalue weighted by atomic mass is 10.1. The molecule has 3 N–H and O–H groups in total. The number of hydrazine groups is 1. The van der Waals surface area contributed by atoms with E-state index >= 15 is 0 Å². The Labute approximate surface area is 122 Å². The van der Waals surface area contributed by atoms with Gasteiger partial charge < -0.3 is 5.11 Å². The number of phenols is 1. The van der Waals surface area contributed by atoms with Crippen LogP contribution in [0.25, 0.3) is 0 Å². The van der Waals surface area contributed by atoms with Gasteiger partial charge in [0, 0.05) is 0 Å². The summed E-state index contributed by atoms with van der Waals surface area (Å²) >= 11 is 0. The first-order chi connectivity index (χ1) is 10.2. The first kappa shape index (κ1) is 14.6. The van der Waals surface area contributed by atoms with Gasteiger partial charge in [0.1, 0.15) is 11.8 Å². The maximum absolute atomic E-state index is 11.8. The Morgan fingerprint density at radius 3 is 2.43 bits per heavy atom. The van der Waals surface area contributed by atoms with Gasteiger partial charge in [-0.3, -0.25) is 10.2 Å². The van der Waals surface area contributed by atoms with Gasteiger partial charge in [-0.05, 0) is 23.3 Å². The van der Waals surface area contributed by atoms with Gasteiger partial charge in [0.2, 0.25) is 5.91 Å². The van der Waals surface area contributed by atoms with Crippen LogP contribution in [0, 0.1) is 11.3 Å². The molecule has 2 aromatic rings. The summed E-state index contributed by atoms with van der Waals surface area (Å²) < 4.78 is 0. The molecule has 0 heterocycles. The molecule has 21 heavy (non-hydrogen) atoms. The molecule has 0 fully saturated rings. The van der Waals surface area contributed by atoms with Crippen LogP contribution in [0.1, 0.15) is 17.2 Å².